The van der Waals surface area contributed by atoms with Crippen LogP contribution in [0, 0.1) is 10.1 Å². The van der Waals surface area contributed by atoms with Gasteiger partial charge in [0.15, 0.2) is 5.78 Å². The van der Waals surface area contributed by atoms with Gasteiger partial charge in [0.25, 0.3) is 5.69 Å². The number of hydrogen-bond acceptors (Lipinski definition) is 5. The third kappa shape index (κ3) is 2.76. The van der Waals surface area contributed by atoms with Gasteiger partial charge in [-0.3, -0.25) is 19.5 Å². The number of nitro benzene ring substituents is 1. The van der Waals surface area contributed by atoms with Crippen LogP contribution >= 0.6 is 0 Å². The van der Waals surface area contributed by atoms with Crippen molar-refractivity contribution in [1.82, 2.24) is 9.55 Å². The first kappa shape index (κ1) is 14.7. The molecule has 0 spiro atoms. The molecule has 3 aromatic rings. The molecule has 23 heavy (non-hydrogen) atoms. The van der Waals surface area contributed by atoms with Gasteiger partial charge in [-0.1, -0.05) is 12.1 Å². The molecule has 1 heterocycles. The van der Waals surface area contributed by atoms with E-state index in [2.05, 4.69) is 4.98 Å². The Hall–Kier alpha value is -3.22. The number of nitrogens with zero attached hydrogens (tertiary/aromatic N) is 3. The van der Waals surface area contributed by atoms with Gasteiger partial charge in [0.2, 0.25) is 0 Å². The average molecular weight is 311 g/mol. The second kappa shape index (κ2) is 5.53. The van der Waals surface area contributed by atoms with Crippen molar-refractivity contribution in [3.8, 4) is 11.8 Å². The molecule has 7 heteroatoms. The molecule has 1 aromatic heterocycles. The highest BCUT2D eigenvalue weighted by molar-refractivity contribution is 5.94. The number of carbonyl (C=O) groups excluding carboxylic acids is 1. The van der Waals surface area contributed by atoms with Crippen molar-refractivity contribution < 1.29 is 14.5 Å². The van der Waals surface area contributed by atoms with Crippen molar-refractivity contribution >= 4 is 22.5 Å². The summed E-state index contributed by atoms with van der Waals surface area (Å²) in [6.07, 6.45) is 0. The number of aromatic nitrogens is 2. The summed E-state index contributed by atoms with van der Waals surface area (Å²) in [6.45, 7) is 1.48. The molecule has 0 bridgehead atoms. The van der Waals surface area contributed by atoms with Crippen LogP contribution in [0.5, 0.6) is 11.8 Å². The van der Waals surface area contributed by atoms with E-state index in [0.29, 0.717) is 28.4 Å². The quantitative estimate of drug-likeness (QED) is 0.418. The first-order valence-corrected chi connectivity index (χ1v) is 6.85. The number of fused-ring (bicyclic) bond motifs is 1. The van der Waals surface area contributed by atoms with E-state index in [1.165, 1.54) is 19.1 Å². The van der Waals surface area contributed by atoms with Gasteiger partial charge in [-0.2, -0.15) is 4.98 Å². The highest BCUT2D eigenvalue weighted by Gasteiger charge is 2.14. The van der Waals surface area contributed by atoms with E-state index in [1.54, 1.807) is 41.9 Å². The third-order valence-electron chi connectivity index (χ3n) is 3.48. The summed E-state index contributed by atoms with van der Waals surface area (Å²) in [6, 6.07) is 11.5. The van der Waals surface area contributed by atoms with Gasteiger partial charge >= 0.3 is 6.01 Å². The maximum absolute atomic E-state index is 11.4. The number of ketones is 1. The molecule has 0 fully saturated rings. The van der Waals surface area contributed by atoms with Crippen molar-refractivity contribution in [3.05, 3.63) is 58.1 Å². The largest absolute Gasteiger partial charge is 0.425 e. The first-order chi connectivity index (χ1) is 11.0. The van der Waals surface area contributed by atoms with Crippen molar-refractivity contribution in [2.45, 2.75) is 6.92 Å². The standard InChI is InChI=1S/C16H13N3O4/c1-10(20)11-4-3-5-13(8-11)23-16-17-14-9-12(19(21)22)6-7-15(14)18(16)2/h3-9H,1-2H3. The van der Waals surface area contributed by atoms with Gasteiger partial charge in [-0.05, 0) is 25.1 Å². The summed E-state index contributed by atoms with van der Waals surface area (Å²) < 4.78 is 7.41. The molecule has 3 rings (SSSR count). The van der Waals surface area contributed by atoms with Crippen molar-refractivity contribution in [3.63, 3.8) is 0 Å². The van der Waals surface area contributed by atoms with E-state index in [9.17, 15) is 14.9 Å². The molecular weight excluding hydrogens is 298 g/mol. The fourth-order valence-corrected chi connectivity index (χ4v) is 2.25. The maximum atomic E-state index is 11.4. The maximum Gasteiger partial charge on any atom is 0.302 e. The Labute approximate surface area is 131 Å². The van der Waals surface area contributed by atoms with Crippen LogP contribution in [0.25, 0.3) is 11.0 Å². The zero-order valence-corrected chi connectivity index (χ0v) is 12.5. The number of carbonyl (C=O) groups is 1. The SMILES string of the molecule is CC(=O)c1cccc(Oc2nc3cc([N+](=O)[O-])ccc3n2C)c1. The zero-order chi connectivity index (χ0) is 16.6. The van der Waals surface area contributed by atoms with E-state index in [1.807, 2.05) is 0 Å². The average Bonchev–Trinajstić information content (AvgIpc) is 2.83. The zero-order valence-electron chi connectivity index (χ0n) is 12.5. The van der Waals surface area contributed by atoms with E-state index in [0.717, 1.165) is 0 Å². The summed E-state index contributed by atoms with van der Waals surface area (Å²) in [5.41, 5.74) is 1.70. The lowest BCUT2D eigenvalue weighted by Crippen LogP contribution is -1.96. The smallest absolute Gasteiger partial charge is 0.302 e. The van der Waals surface area contributed by atoms with Gasteiger partial charge in [0.1, 0.15) is 5.75 Å². The molecule has 0 atom stereocenters. The predicted octanol–water partition coefficient (Wildman–Crippen LogP) is 3.48. The van der Waals surface area contributed by atoms with Gasteiger partial charge in [-0.25, -0.2) is 0 Å². The number of imidazole rings is 1. The highest BCUT2D eigenvalue weighted by Crippen LogP contribution is 2.27. The predicted molar refractivity (Wildman–Crippen MR) is 83.9 cm³/mol. The second-order valence-electron chi connectivity index (χ2n) is 5.07. The fourth-order valence-electron chi connectivity index (χ4n) is 2.25. The molecule has 0 saturated carbocycles. The van der Waals surface area contributed by atoms with Crippen molar-refractivity contribution in [2.75, 3.05) is 0 Å². The normalized spacial score (nSPS) is 10.7. The summed E-state index contributed by atoms with van der Waals surface area (Å²) in [5.74, 6) is 0.418. The molecule has 116 valence electrons. The van der Waals surface area contributed by atoms with Crippen LogP contribution in [0.4, 0.5) is 5.69 Å². The molecule has 0 aliphatic rings. The van der Waals surface area contributed by atoms with Crippen LogP contribution in [0.15, 0.2) is 42.5 Å². The second-order valence-corrected chi connectivity index (χ2v) is 5.07. The minimum atomic E-state index is -0.467. The Morgan fingerprint density at radius 2 is 2.04 bits per heavy atom. The van der Waals surface area contributed by atoms with E-state index >= 15 is 0 Å². The number of benzene rings is 2. The number of hydrogen-bond donors (Lipinski definition) is 0. The van der Waals surface area contributed by atoms with Crippen LogP contribution in [-0.4, -0.2) is 20.3 Å². The van der Waals surface area contributed by atoms with Crippen LogP contribution < -0.4 is 4.74 Å². The van der Waals surface area contributed by atoms with Crippen molar-refractivity contribution in [2.24, 2.45) is 7.05 Å². The lowest BCUT2D eigenvalue weighted by atomic mass is 10.1. The molecule has 0 aliphatic heterocycles. The van der Waals surface area contributed by atoms with Gasteiger partial charge in [0.05, 0.1) is 16.0 Å². The molecule has 0 aliphatic carbocycles. The minimum absolute atomic E-state index is 0.0271. The van der Waals surface area contributed by atoms with Crippen LogP contribution in [0.3, 0.4) is 0 Å². The lowest BCUT2D eigenvalue weighted by molar-refractivity contribution is -0.384. The molecule has 0 unspecified atom stereocenters. The molecule has 0 N–H and O–H groups in total. The van der Waals surface area contributed by atoms with Gasteiger partial charge in [0, 0.05) is 24.7 Å². The topological polar surface area (TPSA) is 87.3 Å². The Kier molecular flexibility index (Phi) is 3.53. The Morgan fingerprint density at radius 3 is 2.74 bits per heavy atom. The molecule has 0 radical (unpaired) electrons. The number of rotatable bonds is 4. The fraction of sp³-hybridized carbons (Fsp3) is 0.125. The molecule has 2 aromatic carbocycles. The summed E-state index contributed by atoms with van der Waals surface area (Å²) >= 11 is 0. The number of ether oxygens (including phenoxy) is 1. The summed E-state index contributed by atoms with van der Waals surface area (Å²) in [5, 5.41) is 10.8. The lowest BCUT2D eigenvalue weighted by Gasteiger charge is -2.06. The number of Topliss-reactive ketones (excluding diaryl/α,β-unsaturated/α-hetero) is 1. The van der Waals surface area contributed by atoms with E-state index < -0.39 is 4.92 Å². The van der Waals surface area contributed by atoms with Crippen molar-refractivity contribution in [1.29, 1.82) is 0 Å². The molecule has 0 saturated heterocycles. The monoisotopic (exact) mass is 311 g/mol. The van der Waals surface area contributed by atoms with E-state index in [-0.39, 0.29) is 11.5 Å². The minimum Gasteiger partial charge on any atom is -0.425 e. The van der Waals surface area contributed by atoms with Crippen LogP contribution in [0.2, 0.25) is 0 Å². The van der Waals surface area contributed by atoms with Gasteiger partial charge < -0.3 is 4.74 Å². The van der Waals surface area contributed by atoms with Crippen LogP contribution in [-0.2, 0) is 7.05 Å². The third-order valence-corrected chi connectivity index (χ3v) is 3.48. The number of non-ortho nitro benzene ring substituents is 1. The Bertz CT molecular complexity index is 930. The van der Waals surface area contributed by atoms with Crippen LogP contribution in [0.1, 0.15) is 17.3 Å². The summed E-state index contributed by atoms with van der Waals surface area (Å²) in [4.78, 5) is 26.1. The number of aryl methyl sites for hydroxylation is 1. The Morgan fingerprint density at radius 1 is 1.26 bits per heavy atom. The molecular formula is C16H13N3O4. The Balaban J connectivity index is 2.00. The molecule has 7 nitrogen and oxygen atoms in total. The molecule has 0 amide bonds. The highest BCUT2D eigenvalue weighted by atomic mass is 16.6. The first-order valence-electron chi connectivity index (χ1n) is 6.85. The van der Waals surface area contributed by atoms with Gasteiger partial charge in [-0.15, -0.1) is 0 Å². The van der Waals surface area contributed by atoms with E-state index in [4.69, 9.17) is 4.74 Å². The number of nitro groups is 1. The summed E-state index contributed by atoms with van der Waals surface area (Å²) in [7, 11) is 1.76.